The van der Waals surface area contributed by atoms with Crippen LogP contribution < -0.4 is 11.1 Å². The zero-order valence-corrected chi connectivity index (χ0v) is 7.09. The van der Waals surface area contributed by atoms with Crippen molar-refractivity contribution >= 4 is 5.84 Å². The van der Waals surface area contributed by atoms with Crippen LogP contribution in [-0.2, 0) is 6.54 Å². The Kier molecular flexibility index (Phi) is 2.82. The number of nitrogen functional groups attached to an aromatic ring is 1. The van der Waals surface area contributed by atoms with Gasteiger partial charge in [-0.05, 0) is 12.6 Å². The Hall–Kier alpha value is -1.35. The molecule has 0 spiro atoms. The van der Waals surface area contributed by atoms with Gasteiger partial charge in [0.15, 0.2) is 0 Å². The molecule has 1 aromatic rings. The molecule has 1 rings (SSSR count). The highest BCUT2D eigenvalue weighted by atomic mass is 14.8. The summed E-state index contributed by atoms with van der Waals surface area (Å²) >= 11 is 0. The van der Waals surface area contributed by atoms with E-state index in [0.717, 1.165) is 12.1 Å². The van der Waals surface area contributed by atoms with Gasteiger partial charge in [0.05, 0.1) is 0 Å². The molecular weight excluding hydrogens is 150 g/mol. The number of rotatable bonds is 3. The normalized spacial score (nSPS) is 9.75. The Labute approximate surface area is 72.1 Å². The first-order chi connectivity index (χ1) is 5.74. The van der Waals surface area contributed by atoms with Crippen LogP contribution in [0, 0.1) is 5.41 Å². The van der Waals surface area contributed by atoms with Gasteiger partial charge >= 0.3 is 0 Å². The molecule has 0 aromatic heterocycles. The molecule has 0 amide bonds. The van der Waals surface area contributed by atoms with Crippen molar-refractivity contribution in [2.75, 3.05) is 7.05 Å². The highest BCUT2D eigenvalue weighted by Gasteiger charge is 1.95. The lowest BCUT2D eigenvalue weighted by atomic mass is 10.1. The molecule has 12 heavy (non-hydrogen) atoms. The van der Waals surface area contributed by atoms with Crippen LogP contribution in [0.15, 0.2) is 24.3 Å². The zero-order valence-electron chi connectivity index (χ0n) is 7.09. The Morgan fingerprint density at radius 3 is 2.42 bits per heavy atom. The van der Waals surface area contributed by atoms with Crippen molar-refractivity contribution in [1.29, 1.82) is 5.41 Å². The van der Waals surface area contributed by atoms with Gasteiger partial charge in [0.1, 0.15) is 5.84 Å². The Morgan fingerprint density at radius 1 is 1.42 bits per heavy atom. The summed E-state index contributed by atoms with van der Waals surface area (Å²) in [5.41, 5.74) is 7.28. The SMILES string of the molecule is CNCc1ccc(C(=N)N)cc1. The first-order valence-corrected chi connectivity index (χ1v) is 3.82. The van der Waals surface area contributed by atoms with E-state index in [-0.39, 0.29) is 5.84 Å². The summed E-state index contributed by atoms with van der Waals surface area (Å²) in [4.78, 5) is 0. The van der Waals surface area contributed by atoms with Gasteiger partial charge in [0.2, 0.25) is 0 Å². The topological polar surface area (TPSA) is 61.9 Å². The van der Waals surface area contributed by atoms with Crippen molar-refractivity contribution < 1.29 is 0 Å². The summed E-state index contributed by atoms with van der Waals surface area (Å²) in [6.07, 6.45) is 0. The monoisotopic (exact) mass is 163 g/mol. The van der Waals surface area contributed by atoms with E-state index in [1.807, 2.05) is 31.3 Å². The summed E-state index contributed by atoms with van der Waals surface area (Å²) in [6.45, 7) is 0.845. The molecule has 0 radical (unpaired) electrons. The van der Waals surface area contributed by atoms with E-state index in [0.29, 0.717) is 0 Å². The summed E-state index contributed by atoms with van der Waals surface area (Å²) in [5, 5.41) is 10.2. The smallest absolute Gasteiger partial charge is 0.122 e. The van der Waals surface area contributed by atoms with Gasteiger partial charge in [-0.15, -0.1) is 0 Å². The fourth-order valence-electron chi connectivity index (χ4n) is 1.01. The van der Waals surface area contributed by atoms with E-state index < -0.39 is 0 Å². The summed E-state index contributed by atoms with van der Waals surface area (Å²) in [7, 11) is 1.90. The first kappa shape index (κ1) is 8.74. The summed E-state index contributed by atoms with van der Waals surface area (Å²) in [5.74, 6) is 0.117. The maximum absolute atomic E-state index is 7.17. The predicted octanol–water partition coefficient (Wildman–Crippen LogP) is 0.690. The number of amidine groups is 1. The molecule has 3 nitrogen and oxygen atoms in total. The van der Waals surface area contributed by atoms with Crippen molar-refractivity contribution in [2.45, 2.75) is 6.54 Å². The third kappa shape index (κ3) is 2.07. The van der Waals surface area contributed by atoms with Crippen molar-refractivity contribution in [2.24, 2.45) is 5.73 Å². The van der Waals surface area contributed by atoms with Crippen LogP contribution in [0.1, 0.15) is 11.1 Å². The van der Waals surface area contributed by atoms with Crippen LogP contribution in [0.2, 0.25) is 0 Å². The molecule has 4 N–H and O–H groups in total. The minimum Gasteiger partial charge on any atom is -0.384 e. The van der Waals surface area contributed by atoms with Crippen molar-refractivity contribution in [3.05, 3.63) is 35.4 Å². The quantitative estimate of drug-likeness (QED) is 0.453. The average Bonchev–Trinajstić information content (AvgIpc) is 2.06. The predicted molar refractivity (Wildman–Crippen MR) is 50.2 cm³/mol. The molecule has 0 atom stereocenters. The molecule has 1 aromatic carbocycles. The van der Waals surface area contributed by atoms with E-state index in [9.17, 15) is 0 Å². The molecule has 3 heteroatoms. The summed E-state index contributed by atoms with van der Waals surface area (Å²) in [6, 6.07) is 7.64. The maximum atomic E-state index is 7.17. The van der Waals surface area contributed by atoms with Gasteiger partial charge in [-0.3, -0.25) is 5.41 Å². The number of nitrogens with two attached hydrogens (primary N) is 1. The Bertz CT molecular complexity index is 264. The molecule has 0 aliphatic carbocycles. The fraction of sp³-hybridized carbons (Fsp3) is 0.222. The van der Waals surface area contributed by atoms with Crippen LogP contribution in [0.4, 0.5) is 0 Å². The molecule has 0 aliphatic rings. The molecule has 0 fully saturated rings. The molecular formula is C9H13N3. The minimum absolute atomic E-state index is 0.117. The van der Waals surface area contributed by atoms with Gasteiger partial charge in [-0.25, -0.2) is 0 Å². The van der Waals surface area contributed by atoms with Gasteiger partial charge in [0, 0.05) is 12.1 Å². The second kappa shape index (κ2) is 3.88. The van der Waals surface area contributed by atoms with Crippen LogP contribution >= 0.6 is 0 Å². The van der Waals surface area contributed by atoms with Crippen molar-refractivity contribution in [3.63, 3.8) is 0 Å². The van der Waals surface area contributed by atoms with Crippen molar-refractivity contribution in [3.8, 4) is 0 Å². The van der Waals surface area contributed by atoms with Gasteiger partial charge in [0.25, 0.3) is 0 Å². The number of hydrogen-bond donors (Lipinski definition) is 3. The Balaban J connectivity index is 2.78. The van der Waals surface area contributed by atoms with Gasteiger partial charge < -0.3 is 11.1 Å². The maximum Gasteiger partial charge on any atom is 0.122 e. The standard InChI is InChI=1S/C9H13N3/c1-12-6-7-2-4-8(5-3-7)9(10)11/h2-5,12H,6H2,1H3,(H3,10,11). The van der Waals surface area contributed by atoms with Crippen LogP contribution in [-0.4, -0.2) is 12.9 Å². The number of nitrogens with one attached hydrogen (secondary N) is 2. The lowest BCUT2D eigenvalue weighted by Gasteiger charge is -2.01. The zero-order chi connectivity index (χ0) is 8.97. The van der Waals surface area contributed by atoms with E-state index in [2.05, 4.69) is 5.32 Å². The molecule has 0 saturated carbocycles. The molecule has 64 valence electrons. The molecule has 0 bridgehead atoms. The third-order valence-corrected chi connectivity index (χ3v) is 1.65. The second-order valence-corrected chi connectivity index (χ2v) is 2.64. The van der Waals surface area contributed by atoms with E-state index in [1.54, 1.807) is 0 Å². The van der Waals surface area contributed by atoms with Crippen LogP contribution in [0.5, 0.6) is 0 Å². The fourth-order valence-corrected chi connectivity index (χ4v) is 1.01. The highest BCUT2D eigenvalue weighted by Crippen LogP contribution is 2.02. The minimum atomic E-state index is 0.117. The number of hydrogen-bond acceptors (Lipinski definition) is 2. The largest absolute Gasteiger partial charge is 0.384 e. The number of benzene rings is 1. The summed E-state index contributed by atoms with van der Waals surface area (Å²) < 4.78 is 0. The van der Waals surface area contributed by atoms with Gasteiger partial charge in [-0.2, -0.15) is 0 Å². The van der Waals surface area contributed by atoms with Crippen molar-refractivity contribution in [1.82, 2.24) is 5.32 Å². The lowest BCUT2D eigenvalue weighted by molar-refractivity contribution is 0.818. The molecule has 0 aliphatic heterocycles. The first-order valence-electron chi connectivity index (χ1n) is 3.82. The van der Waals surface area contributed by atoms with E-state index >= 15 is 0 Å². The average molecular weight is 163 g/mol. The molecule has 0 heterocycles. The molecule has 0 saturated heterocycles. The third-order valence-electron chi connectivity index (χ3n) is 1.65. The Morgan fingerprint density at radius 2 is 2.00 bits per heavy atom. The van der Waals surface area contributed by atoms with Gasteiger partial charge in [-0.1, -0.05) is 24.3 Å². The second-order valence-electron chi connectivity index (χ2n) is 2.64. The van der Waals surface area contributed by atoms with Crippen LogP contribution in [0.25, 0.3) is 0 Å². The highest BCUT2D eigenvalue weighted by molar-refractivity contribution is 5.94. The van der Waals surface area contributed by atoms with E-state index in [1.165, 1.54) is 5.56 Å². The van der Waals surface area contributed by atoms with Crippen LogP contribution in [0.3, 0.4) is 0 Å². The van der Waals surface area contributed by atoms with E-state index in [4.69, 9.17) is 11.1 Å². The molecule has 0 unspecified atom stereocenters. The lowest BCUT2D eigenvalue weighted by Crippen LogP contribution is -2.11.